The average molecular weight is 241 g/mol. The summed E-state index contributed by atoms with van der Waals surface area (Å²) in [6.45, 7) is 4.39. The van der Waals surface area contributed by atoms with E-state index in [4.69, 9.17) is 0 Å². The molecule has 1 unspecified atom stereocenters. The maximum absolute atomic E-state index is 4.18. The summed E-state index contributed by atoms with van der Waals surface area (Å²) < 4.78 is 4.06. The lowest BCUT2D eigenvalue weighted by Gasteiger charge is -2.14. The fraction of sp³-hybridized carbons (Fsp3) is 0.833. The van der Waals surface area contributed by atoms with Crippen LogP contribution in [0.2, 0.25) is 0 Å². The van der Waals surface area contributed by atoms with E-state index < -0.39 is 0 Å². The molecule has 0 aromatic carbocycles. The quantitative estimate of drug-likeness (QED) is 0.709. The van der Waals surface area contributed by atoms with Gasteiger partial charge in [0, 0.05) is 6.04 Å². The molecule has 0 bridgehead atoms. The zero-order chi connectivity index (χ0) is 11.8. The molecule has 3 nitrogen and oxygen atoms in total. The van der Waals surface area contributed by atoms with Crippen molar-refractivity contribution in [1.82, 2.24) is 14.9 Å². The van der Waals surface area contributed by atoms with Crippen molar-refractivity contribution in [3.8, 4) is 0 Å². The molecule has 92 valence electrons. The number of nitrogens with one attached hydrogen (secondary N) is 1. The van der Waals surface area contributed by atoms with Crippen LogP contribution in [0.25, 0.3) is 0 Å². The summed E-state index contributed by atoms with van der Waals surface area (Å²) in [6, 6.07) is 0.451. The SMILES string of the molecule is CCCCCCC(NC)c1snnc1CC. The second-order valence-electron chi connectivity index (χ2n) is 4.13. The van der Waals surface area contributed by atoms with Crippen molar-refractivity contribution in [1.29, 1.82) is 0 Å². The number of nitrogens with zero attached hydrogens (tertiary/aromatic N) is 2. The van der Waals surface area contributed by atoms with E-state index in [-0.39, 0.29) is 0 Å². The monoisotopic (exact) mass is 241 g/mol. The van der Waals surface area contributed by atoms with Crippen molar-refractivity contribution in [3.05, 3.63) is 10.6 Å². The van der Waals surface area contributed by atoms with Crippen molar-refractivity contribution in [2.24, 2.45) is 0 Å². The smallest absolute Gasteiger partial charge is 0.0800 e. The molecule has 0 amide bonds. The first-order chi connectivity index (χ1) is 7.83. The molecule has 4 heteroatoms. The highest BCUT2D eigenvalue weighted by Crippen LogP contribution is 2.25. The first kappa shape index (κ1) is 13.6. The topological polar surface area (TPSA) is 37.8 Å². The van der Waals surface area contributed by atoms with E-state index >= 15 is 0 Å². The minimum atomic E-state index is 0.451. The molecule has 0 aliphatic heterocycles. The largest absolute Gasteiger partial charge is 0.312 e. The summed E-state index contributed by atoms with van der Waals surface area (Å²) in [6.07, 6.45) is 7.46. The van der Waals surface area contributed by atoms with Crippen molar-refractivity contribution in [3.63, 3.8) is 0 Å². The maximum atomic E-state index is 4.18. The Morgan fingerprint density at radius 1 is 1.25 bits per heavy atom. The standard InChI is InChI=1S/C12H23N3S/c1-4-6-7-8-9-11(13-3)12-10(5-2)14-15-16-12/h11,13H,4-9H2,1-3H3. The van der Waals surface area contributed by atoms with E-state index in [1.807, 2.05) is 7.05 Å². The van der Waals surface area contributed by atoms with Crippen LogP contribution in [0.15, 0.2) is 0 Å². The van der Waals surface area contributed by atoms with Crippen LogP contribution in [0.3, 0.4) is 0 Å². The van der Waals surface area contributed by atoms with E-state index in [1.54, 1.807) is 11.5 Å². The molecule has 0 spiro atoms. The molecule has 0 radical (unpaired) electrons. The van der Waals surface area contributed by atoms with Crippen molar-refractivity contribution < 1.29 is 0 Å². The Morgan fingerprint density at radius 3 is 2.69 bits per heavy atom. The molecule has 0 fully saturated rings. The van der Waals surface area contributed by atoms with Gasteiger partial charge >= 0.3 is 0 Å². The molecule has 0 saturated carbocycles. The van der Waals surface area contributed by atoms with Gasteiger partial charge in [0.2, 0.25) is 0 Å². The van der Waals surface area contributed by atoms with Crippen molar-refractivity contribution in [2.75, 3.05) is 7.05 Å². The fourth-order valence-electron chi connectivity index (χ4n) is 1.91. The van der Waals surface area contributed by atoms with E-state index in [0.29, 0.717) is 6.04 Å². The number of unbranched alkanes of at least 4 members (excludes halogenated alkanes) is 3. The van der Waals surface area contributed by atoms with Gasteiger partial charge in [-0.1, -0.05) is 44.0 Å². The summed E-state index contributed by atoms with van der Waals surface area (Å²) in [7, 11) is 2.03. The summed E-state index contributed by atoms with van der Waals surface area (Å²) in [4.78, 5) is 1.33. The highest BCUT2D eigenvalue weighted by molar-refractivity contribution is 7.05. The third-order valence-corrected chi connectivity index (χ3v) is 3.81. The third kappa shape index (κ3) is 3.83. The Hall–Kier alpha value is -0.480. The maximum Gasteiger partial charge on any atom is 0.0800 e. The molecule has 1 aromatic heterocycles. The van der Waals surface area contributed by atoms with Gasteiger partial charge in [-0.15, -0.1) is 5.10 Å². The zero-order valence-electron chi connectivity index (χ0n) is 10.6. The number of rotatable bonds is 8. The van der Waals surface area contributed by atoms with E-state index in [0.717, 1.165) is 6.42 Å². The van der Waals surface area contributed by atoms with Gasteiger partial charge in [0.05, 0.1) is 10.6 Å². The van der Waals surface area contributed by atoms with Crippen LogP contribution in [-0.4, -0.2) is 16.6 Å². The summed E-state index contributed by atoms with van der Waals surface area (Å²) in [5.74, 6) is 0. The summed E-state index contributed by atoms with van der Waals surface area (Å²) >= 11 is 1.55. The van der Waals surface area contributed by atoms with Crippen LogP contribution in [-0.2, 0) is 6.42 Å². The number of hydrogen-bond donors (Lipinski definition) is 1. The minimum absolute atomic E-state index is 0.451. The van der Waals surface area contributed by atoms with Gasteiger partial charge in [-0.3, -0.25) is 0 Å². The fourth-order valence-corrected chi connectivity index (χ4v) is 2.79. The van der Waals surface area contributed by atoms with Crippen LogP contribution in [0.5, 0.6) is 0 Å². The van der Waals surface area contributed by atoms with Crippen LogP contribution in [0.1, 0.15) is 62.6 Å². The van der Waals surface area contributed by atoms with Gasteiger partial charge in [-0.2, -0.15) is 0 Å². The lowest BCUT2D eigenvalue weighted by molar-refractivity contribution is 0.508. The average Bonchev–Trinajstić information content (AvgIpc) is 2.77. The highest BCUT2D eigenvalue weighted by Gasteiger charge is 2.16. The van der Waals surface area contributed by atoms with Gasteiger partial charge in [-0.25, -0.2) is 0 Å². The van der Waals surface area contributed by atoms with Gasteiger partial charge in [0.1, 0.15) is 0 Å². The summed E-state index contributed by atoms with van der Waals surface area (Å²) in [5.41, 5.74) is 1.17. The number of hydrogen-bond acceptors (Lipinski definition) is 4. The molecule has 1 aromatic rings. The van der Waals surface area contributed by atoms with E-state index in [9.17, 15) is 0 Å². The van der Waals surface area contributed by atoms with Crippen LogP contribution < -0.4 is 5.32 Å². The Kier molecular flexibility index (Phi) is 6.57. The Morgan fingerprint density at radius 2 is 2.06 bits per heavy atom. The van der Waals surface area contributed by atoms with E-state index in [2.05, 4.69) is 28.8 Å². The molecule has 1 atom stereocenters. The van der Waals surface area contributed by atoms with Crippen molar-refractivity contribution >= 4 is 11.5 Å². The lowest BCUT2D eigenvalue weighted by atomic mass is 10.0. The van der Waals surface area contributed by atoms with Crippen molar-refractivity contribution in [2.45, 2.75) is 58.4 Å². The van der Waals surface area contributed by atoms with Crippen LogP contribution in [0, 0.1) is 0 Å². The van der Waals surface area contributed by atoms with Gasteiger partial charge in [0.25, 0.3) is 0 Å². The first-order valence-corrected chi connectivity index (χ1v) is 7.09. The molecule has 16 heavy (non-hydrogen) atoms. The normalized spacial score (nSPS) is 12.9. The Bertz CT molecular complexity index is 286. The molecule has 0 aliphatic rings. The van der Waals surface area contributed by atoms with Gasteiger partial charge in [0.15, 0.2) is 0 Å². The molecular formula is C12H23N3S. The highest BCUT2D eigenvalue weighted by atomic mass is 32.1. The van der Waals surface area contributed by atoms with Gasteiger partial charge < -0.3 is 5.32 Å². The first-order valence-electron chi connectivity index (χ1n) is 6.31. The van der Waals surface area contributed by atoms with E-state index in [1.165, 1.54) is 42.7 Å². The second-order valence-corrected chi connectivity index (χ2v) is 4.91. The molecule has 0 saturated heterocycles. The van der Waals surface area contributed by atoms with Gasteiger partial charge in [-0.05, 0) is 31.4 Å². The van der Waals surface area contributed by atoms with Crippen LogP contribution >= 0.6 is 11.5 Å². The number of aromatic nitrogens is 2. The molecule has 0 aliphatic carbocycles. The number of aryl methyl sites for hydroxylation is 1. The van der Waals surface area contributed by atoms with Crippen LogP contribution in [0.4, 0.5) is 0 Å². The predicted molar refractivity (Wildman–Crippen MR) is 69.8 cm³/mol. The molecule has 1 rings (SSSR count). The molecular weight excluding hydrogens is 218 g/mol. The lowest BCUT2D eigenvalue weighted by Crippen LogP contribution is -2.16. The third-order valence-electron chi connectivity index (χ3n) is 2.93. The minimum Gasteiger partial charge on any atom is -0.312 e. The Labute approximate surface area is 103 Å². The zero-order valence-corrected chi connectivity index (χ0v) is 11.4. The predicted octanol–water partition coefficient (Wildman–Crippen LogP) is 3.33. The Balaban J connectivity index is 2.47. The second kappa shape index (κ2) is 7.74. The summed E-state index contributed by atoms with van der Waals surface area (Å²) in [5, 5.41) is 7.56. The molecule has 1 heterocycles. The molecule has 1 N–H and O–H groups in total.